The molecule has 0 bridgehead atoms. The molecule has 1 aromatic carbocycles. The number of nitrogens with two attached hydrogens (primary N) is 1. The highest BCUT2D eigenvalue weighted by molar-refractivity contribution is 7.99. The number of aryl methyl sites for hydroxylation is 1. The highest BCUT2D eigenvalue weighted by atomic mass is 32.2. The third-order valence-corrected chi connectivity index (χ3v) is 3.59. The van der Waals surface area contributed by atoms with Crippen molar-refractivity contribution in [2.75, 3.05) is 5.75 Å². The summed E-state index contributed by atoms with van der Waals surface area (Å²) in [4.78, 5) is 1.25. The van der Waals surface area contributed by atoms with Crippen molar-refractivity contribution in [3.63, 3.8) is 0 Å². The predicted molar refractivity (Wildman–Crippen MR) is 70.4 cm³/mol. The van der Waals surface area contributed by atoms with Crippen LogP contribution in [-0.4, -0.2) is 15.5 Å². The van der Waals surface area contributed by atoms with E-state index in [1.165, 1.54) is 4.90 Å². The van der Waals surface area contributed by atoms with Crippen LogP contribution in [0.15, 0.2) is 47.6 Å². The molecule has 17 heavy (non-hydrogen) atoms. The van der Waals surface area contributed by atoms with Gasteiger partial charge in [0.25, 0.3) is 0 Å². The fourth-order valence-corrected chi connectivity index (χ4v) is 2.55. The molecule has 0 aliphatic rings. The van der Waals surface area contributed by atoms with Crippen LogP contribution in [0.5, 0.6) is 0 Å². The van der Waals surface area contributed by atoms with Crippen LogP contribution in [-0.2, 0) is 7.05 Å². The Morgan fingerprint density at radius 3 is 2.76 bits per heavy atom. The van der Waals surface area contributed by atoms with E-state index >= 15 is 0 Å². The average molecular weight is 248 g/mol. The van der Waals surface area contributed by atoms with E-state index in [-0.39, 0.29) is 6.04 Å². The number of hydrogen-bond donors (Lipinski definition) is 2. The SMILES string of the molecule is Cn1cc(C(CSc2ccccc2)NN)cn1. The highest BCUT2D eigenvalue weighted by Gasteiger charge is 2.11. The zero-order chi connectivity index (χ0) is 12.1. The molecule has 0 spiro atoms. The minimum Gasteiger partial charge on any atom is -0.275 e. The van der Waals surface area contributed by atoms with Crippen molar-refractivity contribution >= 4 is 11.8 Å². The smallest absolute Gasteiger partial charge is 0.0584 e. The molecular formula is C12H16N4S. The largest absolute Gasteiger partial charge is 0.275 e. The molecular weight excluding hydrogens is 232 g/mol. The maximum atomic E-state index is 5.58. The number of hydrogen-bond acceptors (Lipinski definition) is 4. The molecule has 2 rings (SSSR count). The van der Waals surface area contributed by atoms with Gasteiger partial charge in [-0.1, -0.05) is 18.2 Å². The monoisotopic (exact) mass is 248 g/mol. The van der Waals surface area contributed by atoms with Gasteiger partial charge in [0.1, 0.15) is 0 Å². The highest BCUT2D eigenvalue weighted by Crippen LogP contribution is 2.23. The second kappa shape index (κ2) is 5.86. The van der Waals surface area contributed by atoms with Gasteiger partial charge in [-0.25, -0.2) is 0 Å². The molecule has 3 N–H and O–H groups in total. The van der Waals surface area contributed by atoms with Crippen LogP contribution in [0.2, 0.25) is 0 Å². The lowest BCUT2D eigenvalue weighted by Gasteiger charge is -2.13. The molecule has 1 heterocycles. The summed E-state index contributed by atoms with van der Waals surface area (Å²) in [6.07, 6.45) is 3.83. The molecule has 1 aromatic heterocycles. The van der Waals surface area contributed by atoms with E-state index in [1.807, 2.05) is 37.6 Å². The third kappa shape index (κ3) is 3.33. The molecule has 1 unspecified atom stereocenters. The lowest BCUT2D eigenvalue weighted by Crippen LogP contribution is -2.29. The van der Waals surface area contributed by atoms with Crippen LogP contribution >= 0.6 is 11.8 Å². The summed E-state index contributed by atoms with van der Waals surface area (Å²) in [7, 11) is 1.90. The Morgan fingerprint density at radius 1 is 1.41 bits per heavy atom. The van der Waals surface area contributed by atoms with Gasteiger partial charge < -0.3 is 0 Å². The minimum atomic E-state index is 0.119. The first-order valence-corrected chi connectivity index (χ1v) is 6.40. The summed E-state index contributed by atoms with van der Waals surface area (Å²) in [6, 6.07) is 10.4. The summed E-state index contributed by atoms with van der Waals surface area (Å²) in [5.41, 5.74) is 3.94. The number of thioether (sulfide) groups is 1. The molecule has 0 aliphatic heterocycles. The molecule has 0 saturated carbocycles. The number of nitrogens with one attached hydrogen (secondary N) is 1. The van der Waals surface area contributed by atoms with Gasteiger partial charge in [-0.2, -0.15) is 5.10 Å². The Hall–Kier alpha value is -1.30. The summed E-state index contributed by atoms with van der Waals surface area (Å²) >= 11 is 1.78. The van der Waals surface area contributed by atoms with Crippen molar-refractivity contribution in [3.8, 4) is 0 Å². The summed E-state index contributed by atoms with van der Waals surface area (Å²) < 4.78 is 1.78. The maximum Gasteiger partial charge on any atom is 0.0584 e. The molecule has 4 nitrogen and oxygen atoms in total. The van der Waals surface area contributed by atoms with Crippen LogP contribution in [0.4, 0.5) is 0 Å². The molecule has 90 valence electrons. The maximum absolute atomic E-state index is 5.58. The van der Waals surface area contributed by atoms with Gasteiger partial charge in [-0.05, 0) is 12.1 Å². The molecule has 0 radical (unpaired) electrons. The minimum absolute atomic E-state index is 0.119. The Kier molecular flexibility index (Phi) is 4.19. The first-order chi connectivity index (χ1) is 8.29. The Bertz CT molecular complexity index is 455. The van der Waals surface area contributed by atoms with Crippen LogP contribution in [0, 0.1) is 0 Å². The second-order valence-electron chi connectivity index (χ2n) is 3.79. The lowest BCUT2D eigenvalue weighted by molar-refractivity contribution is 0.610. The second-order valence-corrected chi connectivity index (χ2v) is 4.88. The molecule has 1 atom stereocenters. The quantitative estimate of drug-likeness (QED) is 0.480. The number of nitrogens with zero attached hydrogens (tertiary/aromatic N) is 2. The lowest BCUT2D eigenvalue weighted by atomic mass is 10.2. The standard InChI is InChI=1S/C12H16N4S/c1-16-8-10(7-14-16)12(15-13)9-17-11-5-3-2-4-6-11/h2-8,12,15H,9,13H2,1H3. The molecule has 0 fully saturated rings. The van der Waals surface area contributed by atoms with E-state index in [0.717, 1.165) is 11.3 Å². The first kappa shape index (κ1) is 12.2. The Labute approximate surface area is 105 Å². The summed E-state index contributed by atoms with van der Waals surface area (Å²) in [6.45, 7) is 0. The van der Waals surface area contributed by atoms with Crippen LogP contribution < -0.4 is 11.3 Å². The van der Waals surface area contributed by atoms with E-state index in [2.05, 4.69) is 22.7 Å². The third-order valence-electron chi connectivity index (χ3n) is 2.49. The fourth-order valence-electron chi connectivity index (χ4n) is 1.56. The zero-order valence-corrected chi connectivity index (χ0v) is 10.5. The van der Waals surface area contributed by atoms with Crippen molar-refractivity contribution < 1.29 is 0 Å². The Morgan fingerprint density at radius 2 is 2.18 bits per heavy atom. The average Bonchev–Trinajstić information content (AvgIpc) is 2.78. The van der Waals surface area contributed by atoms with E-state index in [1.54, 1.807) is 16.4 Å². The fraction of sp³-hybridized carbons (Fsp3) is 0.250. The number of hydrazine groups is 1. The van der Waals surface area contributed by atoms with Gasteiger partial charge in [0, 0.05) is 29.5 Å². The van der Waals surface area contributed by atoms with E-state index < -0.39 is 0 Å². The van der Waals surface area contributed by atoms with Gasteiger partial charge >= 0.3 is 0 Å². The predicted octanol–water partition coefficient (Wildman–Crippen LogP) is 1.72. The molecule has 5 heteroatoms. The summed E-state index contributed by atoms with van der Waals surface area (Å²) in [5, 5.41) is 4.15. The molecule has 2 aromatic rings. The molecule has 0 amide bonds. The molecule has 0 aliphatic carbocycles. The first-order valence-electron chi connectivity index (χ1n) is 5.42. The zero-order valence-electron chi connectivity index (χ0n) is 9.71. The van der Waals surface area contributed by atoms with Crippen molar-refractivity contribution in [1.82, 2.24) is 15.2 Å². The molecule has 0 saturated heterocycles. The number of aromatic nitrogens is 2. The number of rotatable bonds is 5. The van der Waals surface area contributed by atoms with E-state index in [4.69, 9.17) is 5.84 Å². The van der Waals surface area contributed by atoms with Crippen molar-refractivity contribution in [1.29, 1.82) is 0 Å². The van der Waals surface area contributed by atoms with E-state index in [9.17, 15) is 0 Å². The van der Waals surface area contributed by atoms with Gasteiger partial charge in [0.2, 0.25) is 0 Å². The van der Waals surface area contributed by atoms with Gasteiger partial charge in [0.15, 0.2) is 0 Å². The van der Waals surface area contributed by atoms with Crippen LogP contribution in [0.1, 0.15) is 11.6 Å². The van der Waals surface area contributed by atoms with Crippen molar-refractivity contribution in [2.45, 2.75) is 10.9 Å². The summed E-state index contributed by atoms with van der Waals surface area (Å²) in [5.74, 6) is 6.46. The van der Waals surface area contributed by atoms with Crippen LogP contribution in [0.25, 0.3) is 0 Å². The van der Waals surface area contributed by atoms with Crippen molar-refractivity contribution in [3.05, 3.63) is 48.3 Å². The van der Waals surface area contributed by atoms with Crippen molar-refractivity contribution in [2.24, 2.45) is 12.9 Å². The normalized spacial score (nSPS) is 12.6. The van der Waals surface area contributed by atoms with E-state index in [0.29, 0.717) is 0 Å². The number of benzene rings is 1. The van der Waals surface area contributed by atoms with Crippen LogP contribution in [0.3, 0.4) is 0 Å². The van der Waals surface area contributed by atoms with Gasteiger partial charge in [0.05, 0.1) is 12.2 Å². The Balaban J connectivity index is 1.97. The van der Waals surface area contributed by atoms with Gasteiger partial charge in [-0.3, -0.25) is 16.0 Å². The van der Waals surface area contributed by atoms with Gasteiger partial charge in [-0.15, -0.1) is 11.8 Å². The topological polar surface area (TPSA) is 55.9 Å².